The zero-order valence-corrected chi connectivity index (χ0v) is 16.0. The van der Waals surface area contributed by atoms with Crippen molar-refractivity contribution in [3.63, 3.8) is 0 Å². The number of esters is 1. The lowest BCUT2D eigenvalue weighted by Gasteiger charge is -2.13. The van der Waals surface area contributed by atoms with Crippen molar-refractivity contribution in [3.05, 3.63) is 47.4 Å². The maximum Gasteiger partial charge on any atom is 0.340 e. The minimum atomic E-state index is -0.490. The predicted octanol–water partition coefficient (Wildman–Crippen LogP) is 2.80. The normalized spacial score (nSPS) is 15.9. The number of aromatic nitrogens is 2. The van der Waals surface area contributed by atoms with Crippen molar-refractivity contribution in [3.8, 4) is 0 Å². The zero-order valence-electron chi connectivity index (χ0n) is 16.0. The average molecular weight is 384 g/mol. The van der Waals surface area contributed by atoms with Gasteiger partial charge in [0.1, 0.15) is 17.3 Å². The summed E-state index contributed by atoms with van der Waals surface area (Å²) in [5.74, 6) is 0.117. The number of nitrogens with zero attached hydrogens (tertiary/aromatic N) is 2. The van der Waals surface area contributed by atoms with Crippen molar-refractivity contribution < 1.29 is 19.1 Å². The molecule has 3 rings (SSSR count). The Hall–Kier alpha value is -3.00. The van der Waals surface area contributed by atoms with Crippen LogP contribution < -0.4 is 10.6 Å². The first-order chi connectivity index (χ1) is 13.6. The Morgan fingerprint density at radius 2 is 2.11 bits per heavy atom. The highest BCUT2D eigenvalue weighted by Crippen LogP contribution is 2.18. The van der Waals surface area contributed by atoms with Gasteiger partial charge in [0.05, 0.1) is 24.0 Å². The molecule has 1 atom stereocenters. The van der Waals surface area contributed by atoms with Crippen LogP contribution in [0, 0.1) is 6.92 Å². The van der Waals surface area contributed by atoms with Crippen LogP contribution in [0.1, 0.15) is 46.4 Å². The quantitative estimate of drug-likeness (QED) is 0.708. The minimum absolute atomic E-state index is 0.156. The second-order valence-corrected chi connectivity index (χ2v) is 6.42. The van der Waals surface area contributed by atoms with Gasteiger partial charge in [0.15, 0.2) is 0 Å². The van der Waals surface area contributed by atoms with Crippen LogP contribution >= 0.6 is 0 Å². The van der Waals surface area contributed by atoms with Crippen molar-refractivity contribution in [2.75, 3.05) is 30.4 Å². The number of aryl methyl sites for hydroxylation is 1. The Bertz CT molecular complexity index is 850. The summed E-state index contributed by atoms with van der Waals surface area (Å²) in [6.07, 6.45) is 2.22. The van der Waals surface area contributed by atoms with Crippen molar-refractivity contribution in [2.45, 2.75) is 32.8 Å². The molecule has 1 saturated heterocycles. The Labute approximate surface area is 163 Å². The van der Waals surface area contributed by atoms with Gasteiger partial charge in [-0.15, -0.1) is 0 Å². The molecule has 0 saturated carbocycles. The molecule has 2 heterocycles. The molecule has 0 spiro atoms. The number of hydrogen-bond acceptors (Lipinski definition) is 7. The molecule has 2 aromatic rings. The molecule has 1 amide bonds. The summed E-state index contributed by atoms with van der Waals surface area (Å²) in [5.41, 5.74) is 0.872. The van der Waals surface area contributed by atoms with E-state index in [2.05, 4.69) is 20.6 Å². The van der Waals surface area contributed by atoms with Gasteiger partial charge >= 0.3 is 5.97 Å². The van der Waals surface area contributed by atoms with Crippen LogP contribution in [0.25, 0.3) is 0 Å². The molecule has 1 unspecified atom stereocenters. The number of anilines is 2. The highest BCUT2D eigenvalue weighted by atomic mass is 16.5. The van der Waals surface area contributed by atoms with Gasteiger partial charge in [-0.3, -0.25) is 4.79 Å². The molecule has 28 heavy (non-hydrogen) atoms. The molecule has 1 aliphatic heterocycles. The summed E-state index contributed by atoms with van der Waals surface area (Å²) in [7, 11) is 0. The van der Waals surface area contributed by atoms with Crippen LogP contribution in [0.3, 0.4) is 0 Å². The fourth-order valence-corrected chi connectivity index (χ4v) is 2.96. The van der Waals surface area contributed by atoms with Gasteiger partial charge in [0, 0.05) is 19.2 Å². The molecule has 148 valence electrons. The molecule has 8 heteroatoms. The first-order valence-corrected chi connectivity index (χ1v) is 9.35. The van der Waals surface area contributed by atoms with E-state index in [1.165, 1.54) is 0 Å². The number of rotatable bonds is 7. The topological polar surface area (TPSA) is 102 Å². The van der Waals surface area contributed by atoms with Crippen molar-refractivity contribution >= 4 is 23.4 Å². The maximum atomic E-state index is 12.7. The fraction of sp³-hybridized carbons (Fsp3) is 0.400. The van der Waals surface area contributed by atoms with Gasteiger partial charge < -0.3 is 20.1 Å². The summed E-state index contributed by atoms with van der Waals surface area (Å²) in [5, 5.41) is 5.94. The van der Waals surface area contributed by atoms with Gasteiger partial charge in [-0.1, -0.05) is 12.1 Å². The van der Waals surface area contributed by atoms with Crippen LogP contribution in [0.2, 0.25) is 0 Å². The molecule has 1 aliphatic rings. The third-order valence-corrected chi connectivity index (χ3v) is 4.28. The largest absolute Gasteiger partial charge is 0.462 e. The third kappa shape index (κ3) is 5.04. The number of amides is 1. The summed E-state index contributed by atoms with van der Waals surface area (Å²) in [6.45, 7) is 5.12. The highest BCUT2D eigenvalue weighted by molar-refractivity contribution is 6.07. The summed E-state index contributed by atoms with van der Waals surface area (Å²) in [6, 6.07) is 8.29. The molecule has 0 bridgehead atoms. The molecular formula is C20H24N4O4. The molecule has 1 fully saturated rings. The first-order valence-electron chi connectivity index (χ1n) is 9.35. The van der Waals surface area contributed by atoms with E-state index in [1.54, 1.807) is 44.2 Å². The first kappa shape index (κ1) is 19.8. The third-order valence-electron chi connectivity index (χ3n) is 4.28. The Morgan fingerprint density at radius 3 is 2.86 bits per heavy atom. The lowest BCUT2D eigenvalue weighted by molar-refractivity contribution is 0.0527. The van der Waals surface area contributed by atoms with Gasteiger partial charge in [0.2, 0.25) is 0 Å². The Balaban J connectivity index is 1.73. The lowest BCUT2D eigenvalue weighted by Crippen LogP contribution is -2.21. The number of carbonyl (C=O) groups is 2. The molecule has 0 radical (unpaired) electrons. The standard InChI is InChI=1S/C20H24N4O4/c1-3-27-20(26)15-8-4-5-9-16(15)24-19(25)17-11-18(23-13(2)22-17)21-12-14-7-6-10-28-14/h4-5,8-9,11,14H,3,6-7,10,12H2,1-2H3,(H,24,25)(H,21,22,23). The van der Waals surface area contributed by atoms with Crippen LogP contribution in [-0.4, -0.2) is 47.7 Å². The summed E-state index contributed by atoms with van der Waals surface area (Å²) >= 11 is 0. The number of nitrogens with one attached hydrogen (secondary N) is 2. The Morgan fingerprint density at radius 1 is 1.29 bits per heavy atom. The van der Waals surface area contributed by atoms with E-state index in [9.17, 15) is 9.59 Å². The molecule has 0 aliphatic carbocycles. The fourth-order valence-electron chi connectivity index (χ4n) is 2.96. The van der Waals surface area contributed by atoms with Gasteiger partial charge in [-0.05, 0) is 38.8 Å². The van der Waals surface area contributed by atoms with E-state index in [0.717, 1.165) is 19.4 Å². The van der Waals surface area contributed by atoms with Crippen molar-refractivity contribution in [1.29, 1.82) is 0 Å². The number of carbonyl (C=O) groups excluding carboxylic acids is 2. The van der Waals surface area contributed by atoms with E-state index in [1.807, 2.05) is 0 Å². The molecule has 2 N–H and O–H groups in total. The van der Waals surface area contributed by atoms with E-state index >= 15 is 0 Å². The molecule has 1 aromatic heterocycles. The lowest BCUT2D eigenvalue weighted by atomic mass is 10.1. The summed E-state index contributed by atoms with van der Waals surface area (Å²) in [4.78, 5) is 33.3. The van der Waals surface area contributed by atoms with Crippen molar-refractivity contribution in [1.82, 2.24) is 9.97 Å². The second-order valence-electron chi connectivity index (χ2n) is 6.42. The molecule has 8 nitrogen and oxygen atoms in total. The number of hydrogen-bond donors (Lipinski definition) is 2. The molecular weight excluding hydrogens is 360 g/mol. The van der Waals surface area contributed by atoms with Crippen LogP contribution in [0.15, 0.2) is 30.3 Å². The second kappa shape index (κ2) is 9.27. The maximum absolute atomic E-state index is 12.7. The zero-order chi connectivity index (χ0) is 19.9. The monoisotopic (exact) mass is 384 g/mol. The molecule has 1 aromatic carbocycles. The van der Waals surface area contributed by atoms with Gasteiger partial charge in [-0.25, -0.2) is 14.8 Å². The SMILES string of the molecule is CCOC(=O)c1ccccc1NC(=O)c1cc(NCC2CCCO2)nc(C)n1. The van der Waals surface area contributed by atoms with E-state index < -0.39 is 11.9 Å². The number of ether oxygens (including phenoxy) is 2. The average Bonchev–Trinajstić information content (AvgIpc) is 3.20. The Kier molecular flexibility index (Phi) is 6.54. The van der Waals surface area contributed by atoms with Crippen LogP contribution in [-0.2, 0) is 9.47 Å². The van der Waals surface area contributed by atoms with Gasteiger partial charge in [0.25, 0.3) is 5.91 Å². The van der Waals surface area contributed by atoms with Crippen LogP contribution in [0.5, 0.6) is 0 Å². The number of para-hydroxylation sites is 1. The summed E-state index contributed by atoms with van der Waals surface area (Å²) < 4.78 is 10.6. The van der Waals surface area contributed by atoms with E-state index in [4.69, 9.17) is 9.47 Å². The van der Waals surface area contributed by atoms with Crippen LogP contribution in [0.4, 0.5) is 11.5 Å². The van der Waals surface area contributed by atoms with E-state index in [-0.39, 0.29) is 18.4 Å². The van der Waals surface area contributed by atoms with E-state index in [0.29, 0.717) is 29.4 Å². The highest BCUT2D eigenvalue weighted by Gasteiger charge is 2.18. The minimum Gasteiger partial charge on any atom is -0.462 e. The predicted molar refractivity (Wildman–Crippen MR) is 105 cm³/mol. The smallest absolute Gasteiger partial charge is 0.340 e. The number of benzene rings is 1. The van der Waals surface area contributed by atoms with Crippen molar-refractivity contribution in [2.24, 2.45) is 0 Å². The van der Waals surface area contributed by atoms with Gasteiger partial charge in [-0.2, -0.15) is 0 Å².